The number of rotatable bonds is 6. The molecule has 29 heavy (non-hydrogen) atoms. The van der Waals surface area contributed by atoms with Gasteiger partial charge in [-0.25, -0.2) is 8.42 Å². The number of benzene rings is 1. The van der Waals surface area contributed by atoms with Gasteiger partial charge in [0, 0.05) is 6.04 Å². The second kappa shape index (κ2) is 8.50. The second-order valence-electron chi connectivity index (χ2n) is 6.99. The fraction of sp³-hybridized carbons (Fsp3) is 0.588. The Morgan fingerprint density at radius 3 is 2.14 bits per heavy atom. The van der Waals surface area contributed by atoms with Crippen LogP contribution in [0, 0.1) is 0 Å². The van der Waals surface area contributed by atoms with Crippen molar-refractivity contribution < 1.29 is 39.6 Å². The van der Waals surface area contributed by atoms with Crippen molar-refractivity contribution in [2.45, 2.75) is 54.2 Å². The van der Waals surface area contributed by atoms with Gasteiger partial charge in [-0.2, -0.15) is 26.3 Å². The molecule has 0 spiro atoms. The molecule has 0 saturated heterocycles. The van der Waals surface area contributed by atoms with Crippen molar-refractivity contribution in [1.82, 2.24) is 4.90 Å². The summed E-state index contributed by atoms with van der Waals surface area (Å²) in [6.45, 7) is -1.97. The number of halogens is 6. The van der Waals surface area contributed by atoms with Crippen LogP contribution in [0.4, 0.5) is 26.3 Å². The highest BCUT2D eigenvalue weighted by Gasteiger charge is 2.39. The van der Waals surface area contributed by atoms with Gasteiger partial charge in [-0.15, -0.1) is 0 Å². The smallest absolute Gasteiger partial charge is 0.369 e. The highest BCUT2D eigenvalue weighted by molar-refractivity contribution is 7.92. The minimum atomic E-state index is -4.70. The SMILES string of the molecule is NC(=O)CN(CC(F)(F)F)C1CCC(S(=O)(=O)c2cccc(C(F)(F)F)c2)CC1. The van der Waals surface area contributed by atoms with Gasteiger partial charge in [0.05, 0.1) is 28.8 Å². The molecule has 0 unspecified atom stereocenters. The van der Waals surface area contributed by atoms with E-state index in [0.29, 0.717) is 6.07 Å². The van der Waals surface area contributed by atoms with E-state index in [1.807, 2.05) is 0 Å². The normalized spacial score (nSPS) is 21.3. The fourth-order valence-corrected chi connectivity index (χ4v) is 5.34. The van der Waals surface area contributed by atoms with Crippen LogP contribution in [-0.4, -0.2) is 49.8 Å². The minimum absolute atomic E-state index is 0.0314. The van der Waals surface area contributed by atoms with Crippen LogP contribution in [0.3, 0.4) is 0 Å². The molecular weight excluding hydrogens is 426 g/mol. The molecule has 1 saturated carbocycles. The maximum Gasteiger partial charge on any atom is 0.416 e. The molecule has 0 radical (unpaired) electrons. The zero-order valence-corrected chi connectivity index (χ0v) is 15.9. The standard InChI is InChI=1S/C17H20F6N2O3S/c18-16(19,20)10-25(9-15(24)26)12-4-6-13(7-5-12)29(27,28)14-3-1-2-11(8-14)17(21,22)23/h1-3,8,12-13H,4-7,9-10H2,(H2,24,26). The molecule has 0 heterocycles. The van der Waals surface area contributed by atoms with Crippen molar-refractivity contribution in [2.24, 2.45) is 5.73 Å². The first-order valence-corrected chi connectivity index (χ1v) is 10.2. The lowest BCUT2D eigenvalue weighted by molar-refractivity contribution is -0.154. The summed E-state index contributed by atoms with van der Waals surface area (Å²) in [7, 11) is -4.08. The van der Waals surface area contributed by atoms with Crippen LogP contribution in [0.2, 0.25) is 0 Å². The first-order valence-electron chi connectivity index (χ1n) is 8.70. The number of nitrogens with two attached hydrogens (primary N) is 1. The van der Waals surface area contributed by atoms with Crippen LogP contribution in [0.25, 0.3) is 0 Å². The van der Waals surface area contributed by atoms with E-state index < -0.39 is 62.9 Å². The molecule has 0 aliphatic heterocycles. The molecule has 5 nitrogen and oxygen atoms in total. The topological polar surface area (TPSA) is 80.5 Å². The molecule has 0 bridgehead atoms. The summed E-state index contributed by atoms with van der Waals surface area (Å²) in [6, 6.07) is 2.69. The zero-order chi connectivity index (χ0) is 22.0. The Morgan fingerprint density at radius 1 is 1.07 bits per heavy atom. The van der Waals surface area contributed by atoms with Crippen molar-refractivity contribution in [3.05, 3.63) is 29.8 Å². The molecule has 12 heteroatoms. The molecule has 1 aliphatic carbocycles. The summed E-state index contributed by atoms with van der Waals surface area (Å²) in [5.41, 5.74) is 3.91. The number of amides is 1. The Hall–Kier alpha value is -1.82. The lowest BCUT2D eigenvalue weighted by atomic mass is 9.93. The average Bonchev–Trinajstić information content (AvgIpc) is 2.59. The summed E-state index contributed by atoms with van der Waals surface area (Å²) in [5, 5.41) is -1.01. The molecule has 1 aromatic carbocycles. The van der Waals surface area contributed by atoms with E-state index in [9.17, 15) is 39.6 Å². The van der Waals surface area contributed by atoms with Gasteiger partial charge in [-0.1, -0.05) is 6.07 Å². The van der Waals surface area contributed by atoms with Crippen LogP contribution >= 0.6 is 0 Å². The maximum absolute atomic E-state index is 12.8. The Labute approximate surface area is 163 Å². The van der Waals surface area contributed by atoms with E-state index in [4.69, 9.17) is 5.73 Å². The lowest BCUT2D eigenvalue weighted by Gasteiger charge is -2.36. The van der Waals surface area contributed by atoms with Crippen LogP contribution in [0.1, 0.15) is 31.2 Å². The molecule has 1 aliphatic rings. The molecular formula is C17H20F6N2O3S. The lowest BCUT2D eigenvalue weighted by Crippen LogP contribution is -2.48. The first-order chi connectivity index (χ1) is 13.2. The van der Waals surface area contributed by atoms with Gasteiger partial charge in [0.15, 0.2) is 9.84 Å². The van der Waals surface area contributed by atoms with E-state index in [1.165, 1.54) is 0 Å². The van der Waals surface area contributed by atoms with Crippen LogP contribution in [0.5, 0.6) is 0 Å². The van der Waals surface area contributed by atoms with Crippen molar-refractivity contribution in [1.29, 1.82) is 0 Å². The molecule has 1 fully saturated rings. The maximum atomic E-state index is 12.8. The highest BCUT2D eigenvalue weighted by atomic mass is 32.2. The minimum Gasteiger partial charge on any atom is -0.369 e. The summed E-state index contributed by atoms with van der Waals surface area (Å²) >= 11 is 0. The van der Waals surface area contributed by atoms with Gasteiger partial charge in [0.25, 0.3) is 0 Å². The van der Waals surface area contributed by atoms with Crippen molar-refractivity contribution >= 4 is 15.7 Å². The van der Waals surface area contributed by atoms with Crippen molar-refractivity contribution in [3.8, 4) is 0 Å². The first kappa shape index (κ1) is 23.5. The third-order valence-electron chi connectivity index (χ3n) is 4.83. The molecule has 164 valence electrons. The summed E-state index contributed by atoms with van der Waals surface area (Å²) in [6.07, 6.45) is -9.22. The van der Waals surface area contributed by atoms with E-state index in [1.54, 1.807) is 0 Å². The highest BCUT2D eigenvalue weighted by Crippen LogP contribution is 2.35. The third-order valence-corrected chi connectivity index (χ3v) is 7.09. The monoisotopic (exact) mass is 446 g/mol. The van der Waals surface area contributed by atoms with E-state index in [0.717, 1.165) is 23.1 Å². The van der Waals surface area contributed by atoms with Crippen LogP contribution in [-0.2, 0) is 20.8 Å². The van der Waals surface area contributed by atoms with Gasteiger partial charge in [0.1, 0.15) is 0 Å². The van der Waals surface area contributed by atoms with Gasteiger partial charge < -0.3 is 5.73 Å². The Bertz CT molecular complexity index is 830. The van der Waals surface area contributed by atoms with Gasteiger partial charge in [0.2, 0.25) is 5.91 Å². The average molecular weight is 446 g/mol. The summed E-state index contributed by atoms with van der Waals surface area (Å²) in [5.74, 6) is -0.937. The summed E-state index contributed by atoms with van der Waals surface area (Å²) in [4.78, 5) is 11.5. The number of primary amides is 1. The summed E-state index contributed by atoms with van der Waals surface area (Å²) < 4.78 is 102. The fourth-order valence-electron chi connectivity index (χ4n) is 3.51. The number of carbonyl (C=O) groups excluding carboxylic acids is 1. The molecule has 0 atom stereocenters. The molecule has 2 N–H and O–H groups in total. The second-order valence-corrected chi connectivity index (χ2v) is 9.22. The number of carbonyl (C=O) groups is 1. The van der Waals surface area contributed by atoms with E-state index in [2.05, 4.69) is 0 Å². The Kier molecular flexibility index (Phi) is 6.88. The van der Waals surface area contributed by atoms with E-state index in [-0.39, 0.29) is 25.7 Å². The quantitative estimate of drug-likeness (QED) is 0.681. The predicted molar refractivity (Wildman–Crippen MR) is 91.5 cm³/mol. The van der Waals surface area contributed by atoms with Crippen LogP contribution < -0.4 is 5.73 Å². The molecule has 0 aromatic heterocycles. The van der Waals surface area contributed by atoms with Gasteiger partial charge in [-0.05, 0) is 43.9 Å². The van der Waals surface area contributed by atoms with Crippen LogP contribution in [0.15, 0.2) is 29.2 Å². The Morgan fingerprint density at radius 2 is 1.66 bits per heavy atom. The molecule has 1 amide bonds. The van der Waals surface area contributed by atoms with Gasteiger partial charge in [-0.3, -0.25) is 9.69 Å². The predicted octanol–water partition coefficient (Wildman–Crippen LogP) is 3.14. The number of hydrogen-bond acceptors (Lipinski definition) is 4. The molecule has 1 aromatic rings. The van der Waals surface area contributed by atoms with Gasteiger partial charge >= 0.3 is 12.4 Å². The number of nitrogens with zero attached hydrogens (tertiary/aromatic N) is 1. The number of hydrogen-bond donors (Lipinski definition) is 1. The van der Waals surface area contributed by atoms with Crippen molar-refractivity contribution in [2.75, 3.05) is 13.1 Å². The van der Waals surface area contributed by atoms with Crippen molar-refractivity contribution in [3.63, 3.8) is 0 Å². The number of sulfone groups is 1. The third kappa shape index (κ3) is 6.33. The molecule has 2 rings (SSSR count). The van der Waals surface area contributed by atoms with E-state index >= 15 is 0 Å². The largest absolute Gasteiger partial charge is 0.416 e. The Balaban J connectivity index is 2.13. The number of alkyl halides is 6. The zero-order valence-electron chi connectivity index (χ0n) is 15.1.